The number of nitrogens with two attached hydrogens (primary N) is 1. The van der Waals surface area contributed by atoms with Crippen molar-refractivity contribution in [3.05, 3.63) is 0 Å². The maximum absolute atomic E-state index is 10.9. The van der Waals surface area contributed by atoms with Crippen LogP contribution in [-0.4, -0.2) is 16.8 Å². The van der Waals surface area contributed by atoms with Gasteiger partial charge in [0.15, 0.2) is 0 Å². The Labute approximate surface area is 59.9 Å². The Bertz CT molecular complexity index is 172. The SMILES string of the molecule is CCC1C[C@@H](N)P(=O)(O)O1. The van der Waals surface area contributed by atoms with Crippen molar-refractivity contribution in [2.45, 2.75) is 31.7 Å². The van der Waals surface area contributed by atoms with Crippen molar-refractivity contribution < 1.29 is 14.0 Å². The summed E-state index contributed by atoms with van der Waals surface area (Å²) >= 11 is 0. The first-order valence-electron chi connectivity index (χ1n) is 3.32. The van der Waals surface area contributed by atoms with Crippen molar-refractivity contribution in [2.24, 2.45) is 5.73 Å². The summed E-state index contributed by atoms with van der Waals surface area (Å²) in [7, 11) is -3.43. The van der Waals surface area contributed by atoms with E-state index < -0.39 is 13.4 Å². The Balaban J connectivity index is 2.62. The zero-order valence-electron chi connectivity index (χ0n) is 5.86. The van der Waals surface area contributed by atoms with Gasteiger partial charge in [0, 0.05) is 6.42 Å². The first-order valence-corrected chi connectivity index (χ1v) is 4.97. The number of hydrogen-bond donors (Lipinski definition) is 2. The van der Waals surface area contributed by atoms with Crippen LogP contribution in [0.4, 0.5) is 0 Å². The van der Waals surface area contributed by atoms with Gasteiger partial charge in [0.25, 0.3) is 0 Å². The molecule has 1 saturated heterocycles. The normalized spacial score (nSPS) is 47.9. The molecule has 0 spiro atoms. The second-order valence-electron chi connectivity index (χ2n) is 2.50. The van der Waals surface area contributed by atoms with Crippen molar-refractivity contribution in [1.82, 2.24) is 0 Å². The molecular weight excluding hydrogens is 153 g/mol. The van der Waals surface area contributed by atoms with Gasteiger partial charge in [-0.15, -0.1) is 0 Å². The summed E-state index contributed by atoms with van der Waals surface area (Å²) in [5.41, 5.74) is 5.34. The van der Waals surface area contributed by atoms with Crippen molar-refractivity contribution in [3.8, 4) is 0 Å². The molecule has 3 N–H and O–H groups in total. The topological polar surface area (TPSA) is 72.6 Å². The maximum atomic E-state index is 10.9. The predicted molar refractivity (Wildman–Crippen MR) is 37.6 cm³/mol. The van der Waals surface area contributed by atoms with Gasteiger partial charge in [-0.2, -0.15) is 0 Å². The molecule has 0 bridgehead atoms. The monoisotopic (exact) mass is 165 g/mol. The van der Waals surface area contributed by atoms with Gasteiger partial charge in [-0.25, -0.2) is 0 Å². The van der Waals surface area contributed by atoms with Crippen LogP contribution in [0.25, 0.3) is 0 Å². The molecule has 0 aromatic rings. The Morgan fingerprint density at radius 2 is 2.50 bits per heavy atom. The van der Waals surface area contributed by atoms with Gasteiger partial charge in [0.1, 0.15) is 5.78 Å². The van der Waals surface area contributed by atoms with Crippen molar-refractivity contribution in [1.29, 1.82) is 0 Å². The molecule has 1 heterocycles. The van der Waals surface area contributed by atoms with E-state index in [0.29, 0.717) is 6.42 Å². The summed E-state index contributed by atoms with van der Waals surface area (Å²) < 4.78 is 15.7. The Morgan fingerprint density at radius 1 is 1.90 bits per heavy atom. The highest BCUT2D eigenvalue weighted by molar-refractivity contribution is 7.53. The van der Waals surface area contributed by atoms with Crippen LogP contribution >= 0.6 is 7.60 Å². The molecule has 0 amide bonds. The lowest BCUT2D eigenvalue weighted by molar-refractivity contribution is 0.201. The summed E-state index contributed by atoms with van der Waals surface area (Å²) in [6.45, 7) is 1.91. The fourth-order valence-electron chi connectivity index (χ4n) is 0.979. The molecule has 4 nitrogen and oxygen atoms in total. The zero-order valence-corrected chi connectivity index (χ0v) is 6.75. The number of hydrogen-bond acceptors (Lipinski definition) is 3. The standard InChI is InChI=1S/C5H12NO3P/c1-2-4-3-5(6)10(7,8)9-4/h4-5H,2-3,6H2,1H3,(H,7,8)/t4?,5-/m0/s1. The van der Waals surface area contributed by atoms with Crippen molar-refractivity contribution in [2.75, 3.05) is 0 Å². The third kappa shape index (κ3) is 1.40. The van der Waals surface area contributed by atoms with Gasteiger partial charge in [-0.05, 0) is 6.42 Å². The van der Waals surface area contributed by atoms with E-state index in [-0.39, 0.29) is 6.10 Å². The molecule has 1 aliphatic heterocycles. The van der Waals surface area contributed by atoms with E-state index >= 15 is 0 Å². The summed E-state index contributed by atoms with van der Waals surface area (Å²) in [4.78, 5) is 8.97. The molecule has 1 rings (SSSR count). The summed E-state index contributed by atoms with van der Waals surface area (Å²) in [5.74, 6) is -0.669. The van der Waals surface area contributed by atoms with E-state index in [1.165, 1.54) is 0 Å². The van der Waals surface area contributed by atoms with Gasteiger partial charge < -0.3 is 15.2 Å². The van der Waals surface area contributed by atoms with E-state index in [1.807, 2.05) is 6.92 Å². The summed E-state index contributed by atoms with van der Waals surface area (Å²) in [6, 6.07) is 0. The first kappa shape index (κ1) is 8.21. The minimum atomic E-state index is -3.43. The molecule has 0 radical (unpaired) electrons. The zero-order chi connectivity index (χ0) is 7.78. The molecule has 0 aromatic carbocycles. The van der Waals surface area contributed by atoms with Crippen LogP contribution in [0.15, 0.2) is 0 Å². The largest absolute Gasteiger partial charge is 0.345 e. The molecular formula is C5H12NO3P. The summed E-state index contributed by atoms with van der Waals surface area (Å²) in [5, 5.41) is 0. The Hall–Kier alpha value is 0.110. The smallest absolute Gasteiger partial charge is 0.323 e. The van der Waals surface area contributed by atoms with Gasteiger partial charge in [0.05, 0.1) is 6.10 Å². The van der Waals surface area contributed by atoms with Crippen LogP contribution in [0.2, 0.25) is 0 Å². The maximum Gasteiger partial charge on any atom is 0.345 e. The molecule has 2 unspecified atom stereocenters. The second-order valence-corrected chi connectivity index (χ2v) is 4.51. The second kappa shape index (κ2) is 2.62. The van der Waals surface area contributed by atoms with Gasteiger partial charge >= 0.3 is 7.60 Å². The highest BCUT2D eigenvalue weighted by atomic mass is 31.2. The van der Waals surface area contributed by atoms with Crippen LogP contribution in [0.3, 0.4) is 0 Å². The molecule has 0 aromatic heterocycles. The Morgan fingerprint density at radius 3 is 2.70 bits per heavy atom. The first-order chi connectivity index (χ1) is 4.56. The quantitative estimate of drug-likeness (QED) is 0.559. The average molecular weight is 165 g/mol. The van der Waals surface area contributed by atoms with Crippen molar-refractivity contribution >= 4 is 7.60 Å². The lowest BCUT2D eigenvalue weighted by atomic mass is 10.2. The highest BCUT2D eigenvalue weighted by Crippen LogP contribution is 2.54. The van der Waals surface area contributed by atoms with Crippen LogP contribution in [-0.2, 0) is 9.09 Å². The van der Waals surface area contributed by atoms with Gasteiger partial charge in [0.2, 0.25) is 0 Å². The minimum Gasteiger partial charge on any atom is -0.323 e. The highest BCUT2D eigenvalue weighted by Gasteiger charge is 2.40. The fraction of sp³-hybridized carbons (Fsp3) is 1.00. The van der Waals surface area contributed by atoms with Crippen LogP contribution < -0.4 is 5.73 Å². The molecule has 60 valence electrons. The van der Waals surface area contributed by atoms with E-state index in [1.54, 1.807) is 0 Å². The van der Waals surface area contributed by atoms with Crippen LogP contribution in [0.1, 0.15) is 19.8 Å². The molecule has 10 heavy (non-hydrogen) atoms. The third-order valence-electron chi connectivity index (χ3n) is 1.68. The van der Waals surface area contributed by atoms with Crippen LogP contribution in [0, 0.1) is 0 Å². The lowest BCUT2D eigenvalue weighted by Crippen LogP contribution is -2.16. The van der Waals surface area contributed by atoms with E-state index in [0.717, 1.165) is 6.42 Å². The van der Waals surface area contributed by atoms with E-state index in [2.05, 4.69) is 0 Å². The predicted octanol–water partition coefficient (Wildman–Crippen LogP) is 0.655. The molecule has 0 saturated carbocycles. The molecule has 1 fully saturated rings. The van der Waals surface area contributed by atoms with Gasteiger partial charge in [-0.3, -0.25) is 4.57 Å². The third-order valence-corrected chi connectivity index (χ3v) is 3.33. The molecule has 3 atom stereocenters. The molecule has 0 aliphatic carbocycles. The minimum absolute atomic E-state index is 0.120. The van der Waals surface area contributed by atoms with E-state index in [4.69, 9.17) is 15.2 Å². The Kier molecular flexibility index (Phi) is 2.15. The van der Waals surface area contributed by atoms with Crippen molar-refractivity contribution in [3.63, 3.8) is 0 Å². The lowest BCUT2D eigenvalue weighted by Gasteiger charge is -2.06. The molecule has 5 heteroatoms. The van der Waals surface area contributed by atoms with E-state index in [9.17, 15) is 4.57 Å². The molecule has 1 aliphatic rings. The van der Waals surface area contributed by atoms with Crippen LogP contribution in [0.5, 0.6) is 0 Å². The number of rotatable bonds is 1. The summed E-state index contributed by atoms with van der Waals surface area (Å²) in [6.07, 6.45) is 1.13. The average Bonchev–Trinajstić information content (AvgIpc) is 2.08. The van der Waals surface area contributed by atoms with Gasteiger partial charge in [-0.1, -0.05) is 6.92 Å². The fourth-order valence-corrected chi connectivity index (χ4v) is 2.30.